The van der Waals surface area contributed by atoms with E-state index in [1.807, 2.05) is 102 Å². The molecule has 0 bridgehead atoms. The molecule has 0 amide bonds. The van der Waals surface area contributed by atoms with E-state index in [1.54, 1.807) is 36.5 Å². The van der Waals surface area contributed by atoms with Crippen LogP contribution in [0.25, 0.3) is 69.9 Å². The number of rotatable bonds is 12. The maximum atomic E-state index is 5.38. The van der Waals surface area contributed by atoms with Gasteiger partial charge >= 0.3 is 0 Å². The molecule has 0 aliphatic rings. The molecule has 0 saturated carbocycles. The molecule has 0 unspecified atom stereocenters. The van der Waals surface area contributed by atoms with Crippen molar-refractivity contribution in [1.29, 1.82) is 0 Å². The van der Waals surface area contributed by atoms with Gasteiger partial charge in [-0.3, -0.25) is 9.97 Å². The highest BCUT2D eigenvalue weighted by Crippen LogP contribution is 2.30. The number of H-pyrrole nitrogens is 2. The SMILES string of the molecule is C=C/C=C\C(=C/C)c1c(C)nc(C=C)c(-c2ccccc2)c(C=C)[nH]c(C=C)c(-c2ccccc2)c(C=C)nc(C)c(C(/C=C\C)=C/C=C)/c(=C/C)[nH]/c1=C\C. The molecule has 284 valence electrons. The van der Waals surface area contributed by atoms with E-state index in [1.165, 1.54) is 0 Å². The molecule has 4 heteroatoms. The van der Waals surface area contributed by atoms with Crippen molar-refractivity contribution in [1.82, 2.24) is 19.9 Å². The van der Waals surface area contributed by atoms with Crippen LogP contribution < -0.4 is 10.7 Å². The molecule has 3 aromatic rings. The Balaban J connectivity index is 3.16. The molecule has 4 nitrogen and oxygen atoms in total. The lowest BCUT2D eigenvalue weighted by Gasteiger charge is -2.13. The van der Waals surface area contributed by atoms with Crippen LogP contribution in [0.5, 0.6) is 0 Å². The van der Waals surface area contributed by atoms with Gasteiger partial charge in [0.1, 0.15) is 0 Å². The van der Waals surface area contributed by atoms with Crippen LogP contribution >= 0.6 is 0 Å². The van der Waals surface area contributed by atoms with Crippen LogP contribution in [0.4, 0.5) is 0 Å². The second-order valence-electron chi connectivity index (χ2n) is 12.4. The van der Waals surface area contributed by atoms with Crippen LogP contribution in [0.2, 0.25) is 0 Å². The van der Waals surface area contributed by atoms with Gasteiger partial charge in [-0.15, -0.1) is 0 Å². The summed E-state index contributed by atoms with van der Waals surface area (Å²) in [6.07, 6.45) is 27.0. The van der Waals surface area contributed by atoms with E-state index >= 15 is 0 Å². The highest BCUT2D eigenvalue weighted by molar-refractivity contribution is 5.83. The van der Waals surface area contributed by atoms with Gasteiger partial charge in [-0.1, -0.05) is 161 Å². The van der Waals surface area contributed by atoms with Crippen LogP contribution in [-0.4, -0.2) is 19.9 Å². The molecule has 2 aromatic carbocycles. The zero-order valence-corrected chi connectivity index (χ0v) is 34.0. The van der Waals surface area contributed by atoms with E-state index in [4.69, 9.17) is 9.97 Å². The van der Waals surface area contributed by atoms with Crippen molar-refractivity contribution in [3.63, 3.8) is 0 Å². The zero-order valence-electron chi connectivity index (χ0n) is 34.0. The summed E-state index contributed by atoms with van der Waals surface area (Å²) in [7, 11) is 0. The summed E-state index contributed by atoms with van der Waals surface area (Å²) < 4.78 is 0. The Labute approximate surface area is 334 Å². The van der Waals surface area contributed by atoms with Gasteiger partial charge in [0.25, 0.3) is 0 Å². The zero-order chi connectivity index (χ0) is 41.0. The third-order valence-corrected chi connectivity index (χ3v) is 8.87. The first-order chi connectivity index (χ1) is 27.2. The van der Waals surface area contributed by atoms with Gasteiger partial charge in [0.15, 0.2) is 0 Å². The van der Waals surface area contributed by atoms with E-state index in [0.717, 1.165) is 66.6 Å². The molecule has 1 heterocycles. The lowest BCUT2D eigenvalue weighted by molar-refractivity contribution is 1.10. The smallest absolute Gasteiger partial charge is 0.0726 e. The summed E-state index contributed by atoms with van der Waals surface area (Å²) in [6, 6.07) is 20.2. The Hall–Kier alpha value is -6.78. The summed E-state index contributed by atoms with van der Waals surface area (Å²) in [4.78, 5) is 18.3. The second kappa shape index (κ2) is 22.4. The Morgan fingerprint density at radius 2 is 1.02 bits per heavy atom. The minimum absolute atomic E-state index is 0.644. The number of allylic oxidation sites excluding steroid dienone is 10. The van der Waals surface area contributed by atoms with Gasteiger partial charge in [0, 0.05) is 55.7 Å². The molecule has 0 atom stereocenters. The number of nitrogens with one attached hydrogen (secondary N) is 2. The largest absolute Gasteiger partial charge is 0.355 e. The highest BCUT2D eigenvalue weighted by Gasteiger charge is 2.14. The van der Waals surface area contributed by atoms with Crippen LogP contribution in [-0.2, 0) is 0 Å². The molecule has 0 radical (unpaired) electrons. The second-order valence-corrected chi connectivity index (χ2v) is 12.4. The van der Waals surface area contributed by atoms with Crippen LogP contribution in [0.15, 0.2) is 149 Å². The molecule has 0 spiro atoms. The summed E-state index contributed by atoms with van der Waals surface area (Å²) in [5.41, 5.74) is 11.3. The van der Waals surface area contributed by atoms with Gasteiger partial charge in [0.2, 0.25) is 0 Å². The summed E-state index contributed by atoms with van der Waals surface area (Å²) in [6.45, 7) is 37.2. The number of aromatic nitrogens is 4. The predicted octanol–water partition coefficient (Wildman–Crippen LogP) is 12.9. The van der Waals surface area contributed by atoms with Crippen molar-refractivity contribution in [3.05, 3.63) is 205 Å². The Morgan fingerprint density at radius 3 is 1.38 bits per heavy atom. The first-order valence-corrected chi connectivity index (χ1v) is 18.7. The molecular weight excluding hydrogens is 681 g/mol. The van der Waals surface area contributed by atoms with Crippen molar-refractivity contribution < 1.29 is 0 Å². The number of hydrogen-bond acceptors (Lipinski definition) is 2. The Kier molecular flexibility index (Phi) is 17.5. The molecule has 2 N–H and O–H groups in total. The monoisotopic (exact) mass is 736 g/mol. The molecule has 1 aromatic heterocycles. The minimum Gasteiger partial charge on any atom is -0.355 e. The fourth-order valence-electron chi connectivity index (χ4n) is 6.40. The van der Waals surface area contributed by atoms with Crippen LogP contribution in [0, 0.1) is 13.8 Å². The molecule has 0 fully saturated rings. The summed E-state index contributed by atoms with van der Waals surface area (Å²) in [5, 5.41) is 1.69. The molecular formula is C52H56N4. The fourth-order valence-corrected chi connectivity index (χ4v) is 6.40. The quantitative estimate of drug-likeness (QED) is 0.182. The van der Waals surface area contributed by atoms with Gasteiger partial charge in [-0.05, 0) is 88.1 Å². The number of nitrogens with zero attached hydrogens (tertiary/aromatic N) is 2. The van der Waals surface area contributed by atoms with Gasteiger partial charge in [0.05, 0.1) is 11.4 Å². The van der Waals surface area contributed by atoms with E-state index in [9.17, 15) is 0 Å². The predicted molar refractivity (Wildman–Crippen MR) is 250 cm³/mol. The van der Waals surface area contributed by atoms with E-state index in [2.05, 4.69) is 98.0 Å². The number of benzene rings is 2. The fraction of sp³-hybridized carbons (Fsp3) is 0.115. The lowest BCUT2D eigenvalue weighted by atomic mass is 9.99. The molecule has 56 heavy (non-hydrogen) atoms. The van der Waals surface area contributed by atoms with Gasteiger partial charge in [-0.25, -0.2) is 0 Å². The summed E-state index contributed by atoms with van der Waals surface area (Å²) in [5.74, 6) is 0. The molecule has 0 aliphatic heterocycles. The average molecular weight is 737 g/mol. The molecule has 3 rings (SSSR count). The minimum atomic E-state index is 0.644. The van der Waals surface area contributed by atoms with E-state index < -0.39 is 0 Å². The highest BCUT2D eigenvalue weighted by atomic mass is 14.8. The maximum Gasteiger partial charge on any atom is 0.0726 e. The molecule has 0 saturated heterocycles. The number of hydrogen-bond donors (Lipinski definition) is 2. The standard InChI is InChI=1S/C52H56N4/c1-13-23-32-39(16-4)49-37(11)53-45(19-7)51(41-33-26-24-27-34-41)47(21-9)56-48(22-10)52(42-35-28-25-29-36-42)46(20-8)54-38(12)50(40(30-14-2)31-15-3)44(18-6)55-43(49)17-5/h13-36,55-56H,1-2,7-10H2,3-6,11-12H3/b31-15-,32-23-,39-16+,40-30+,43-17-,44-18-,49-37?,50-38?,51-47?,52-48?,53-45?,54-46?. The van der Waals surface area contributed by atoms with Crippen molar-refractivity contribution in [3.8, 4) is 22.3 Å². The molecule has 0 aliphatic carbocycles. The van der Waals surface area contributed by atoms with Crippen molar-refractivity contribution in [2.75, 3.05) is 0 Å². The Bertz CT molecular complexity index is 2400. The lowest BCUT2D eigenvalue weighted by Crippen LogP contribution is -2.24. The number of aryl methyl sites for hydroxylation is 2. The van der Waals surface area contributed by atoms with Gasteiger partial charge < -0.3 is 9.97 Å². The van der Waals surface area contributed by atoms with Crippen molar-refractivity contribution >= 4 is 47.6 Å². The average Bonchev–Trinajstić information content (AvgIpc) is 3.22. The van der Waals surface area contributed by atoms with Crippen molar-refractivity contribution in [2.24, 2.45) is 0 Å². The van der Waals surface area contributed by atoms with E-state index in [-0.39, 0.29) is 0 Å². The maximum absolute atomic E-state index is 5.38. The van der Waals surface area contributed by atoms with Crippen LogP contribution in [0.1, 0.15) is 73.0 Å². The van der Waals surface area contributed by atoms with Crippen molar-refractivity contribution in [2.45, 2.75) is 41.5 Å². The third-order valence-electron chi connectivity index (χ3n) is 8.87. The first kappa shape index (κ1) is 43.6. The normalized spacial score (nSPS) is 12.1. The van der Waals surface area contributed by atoms with Crippen LogP contribution in [0.3, 0.4) is 0 Å². The first-order valence-electron chi connectivity index (χ1n) is 18.7. The number of aromatic amines is 2. The third kappa shape index (κ3) is 10.7. The Morgan fingerprint density at radius 1 is 0.554 bits per heavy atom. The van der Waals surface area contributed by atoms with E-state index in [0.29, 0.717) is 22.8 Å². The topological polar surface area (TPSA) is 57.4 Å². The summed E-state index contributed by atoms with van der Waals surface area (Å²) >= 11 is 0. The van der Waals surface area contributed by atoms with Gasteiger partial charge in [-0.2, -0.15) is 0 Å².